The van der Waals surface area contributed by atoms with Gasteiger partial charge in [0.15, 0.2) is 11.5 Å². The van der Waals surface area contributed by atoms with Crippen LogP contribution in [0.3, 0.4) is 0 Å². The first-order valence-corrected chi connectivity index (χ1v) is 8.91. The van der Waals surface area contributed by atoms with Crippen LogP contribution in [-0.2, 0) is 0 Å². The Bertz CT molecular complexity index is 974. The maximum Gasteiger partial charge on any atom is 0.162 e. The van der Waals surface area contributed by atoms with Crippen LogP contribution in [0, 0.1) is 18.6 Å². The van der Waals surface area contributed by atoms with Gasteiger partial charge in [0.25, 0.3) is 0 Å². The van der Waals surface area contributed by atoms with E-state index in [1.54, 1.807) is 10.7 Å². The lowest BCUT2D eigenvalue weighted by Gasteiger charge is -2.26. The van der Waals surface area contributed by atoms with E-state index < -0.39 is 5.82 Å². The number of aromatic nitrogens is 3. The number of rotatable bonds is 2. The summed E-state index contributed by atoms with van der Waals surface area (Å²) >= 11 is 4.05. The van der Waals surface area contributed by atoms with Gasteiger partial charge in [0.1, 0.15) is 17.5 Å². The molecule has 4 N–H and O–H groups in total. The number of nitrogen functional groups attached to an aromatic ring is 1. The second kappa shape index (κ2) is 7.83. The van der Waals surface area contributed by atoms with Crippen LogP contribution in [0.25, 0.3) is 5.65 Å². The molecule has 0 aliphatic carbocycles. The van der Waals surface area contributed by atoms with Crippen LogP contribution in [0.15, 0.2) is 30.5 Å². The smallest absolute Gasteiger partial charge is 0.162 e. The molecule has 0 saturated carbocycles. The van der Waals surface area contributed by atoms with E-state index in [4.69, 9.17) is 5.73 Å². The fourth-order valence-corrected chi connectivity index (χ4v) is 3.34. The molecule has 9 heteroatoms. The molecule has 3 heterocycles. The third-order valence-corrected chi connectivity index (χ3v) is 4.60. The van der Waals surface area contributed by atoms with Gasteiger partial charge in [0, 0.05) is 23.9 Å². The fourth-order valence-electron chi connectivity index (χ4n) is 3.34. The van der Waals surface area contributed by atoms with Crippen LogP contribution in [0.4, 0.5) is 20.4 Å². The Morgan fingerprint density at radius 1 is 1.30 bits per heavy atom. The van der Waals surface area contributed by atoms with Crippen LogP contribution in [-0.4, -0.2) is 26.6 Å². The average molecular weight is 390 g/mol. The zero-order valence-corrected chi connectivity index (χ0v) is 15.6. The molecule has 1 unspecified atom stereocenters. The maximum atomic E-state index is 14.2. The molecule has 4 rings (SSSR count). The molecule has 1 fully saturated rings. The SMILES string of the molecule is Cc1c(N)nn2ccc(N3CCCC3c3cc(F)ccc3F)nc12.NC=S. The van der Waals surface area contributed by atoms with Crippen molar-refractivity contribution in [2.45, 2.75) is 25.8 Å². The van der Waals surface area contributed by atoms with Gasteiger partial charge in [-0.05, 0) is 44.0 Å². The first kappa shape index (κ1) is 19.0. The molecule has 1 aliphatic rings. The lowest BCUT2D eigenvalue weighted by molar-refractivity contribution is 0.560. The molecule has 27 heavy (non-hydrogen) atoms. The minimum Gasteiger partial charge on any atom is -0.396 e. The summed E-state index contributed by atoms with van der Waals surface area (Å²) in [4.78, 5) is 6.65. The van der Waals surface area contributed by atoms with E-state index in [1.807, 2.05) is 17.9 Å². The molecule has 1 aliphatic heterocycles. The molecule has 0 radical (unpaired) electrons. The molecule has 0 bridgehead atoms. The minimum absolute atomic E-state index is 0.226. The van der Waals surface area contributed by atoms with Crippen molar-refractivity contribution in [2.24, 2.45) is 5.73 Å². The number of nitrogens with two attached hydrogens (primary N) is 2. The molecule has 142 valence electrons. The summed E-state index contributed by atoms with van der Waals surface area (Å²) in [6, 6.07) is 5.20. The maximum absolute atomic E-state index is 14.2. The number of hydrogen-bond acceptors (Lipinski definition) is 5. The highest BCUT2D eigenvalue weighted by molar-refractivity contribution is 7.78. The van der Waals surface area contributed by atoms with Crippen molar-refractivity contribution in [3.63, 3.8) is 0 Å². The normalized spacial score (nSPS) is 16.3. The van der Waals surface area contributed by atoms with Gasteiger partial charge in [-0.25, -0.2) is 18.3 Å². The molecule has 3 aromatic rings. The number of fused-ring (bicyclic) bond motifs is 1. The highest BCUT2D eigenvalue weighted by atomic mass is 32.1. The molecule has 1 atom stereocenters. The Hall–Kier alpha value is -2.81. The topological polar surface area (TPSA) is 85.5 Å². The molecule has 1 saturated heterocycles. The average Bonchev–Trinajstić information content (AvgIpc) is 3.23. The second-order valence-corrected chi connectivity index (χ2v) is 6.49. The van der Waals surface area contributed by atoms with Crippen LogP contribution >= 0.6 is 12.2 Å². The summed E-state index contributed by atoms with van der Waals surface area (Å²) in [6.45, 7) is 2.61. The van der Waals surface area contributed by atoms with Gasteiger partial charge >= 0.3 is 0 Å². The molecule has 2 aromatic heterocycles. The lowest BCUT2D eigenvalue weighted by Crippen LogP contribution is -2.24. The van der Waals surface area contributed by atoms with Crippen molar-refractivity contribution < 1.29 is 8.78 Å². The molecular weight excluding hydrogens is 370 g/mol. The van der Waals surface area contributed by atoms with E-state index in [2.05, 4.69) is 28.0 Å². The number of nitrogens with zero attached hydrogens (tertiary/aromatic N) is 4. The molecular formula is C18H20F2N6S. The van der Waals surface area contributed by atoms with E-state index >= 15 is 0 Å². The molecule has 0 amide bonds. The number of aryl methyl sites for hydroxylation is 1. The van der Waals surface area contributed by atoms with Gasteiger partial charge in [-0.1, -0.05) is 12.2 Å². The largest absolute Gasteiger partial charge is 0.396 e. The Balaban J connectivity index is 0.000000659. The monoisotopic (exact) mass is 390 g/mol. The third kappa shape index (κ3) is 3.68. The van der Waals surface area contributed by atoms with Gasteiger partial charge in [0.2, 0.25) is 0 Å². The van der Waals surface area contributed by atoms with Crippen molar-refractivity contribution in [2.75, 3.05) is 17.2 Å². The van der Waals surface area contributed by atoms with Crippen LogP contribution < -0.4 is 16.4 Å². The number of halogens is 2. The Morgan fingerprint density at radius 2 is 2.04 bits per heavy atom. The Morgan fingerprint density at radius 3 is 2.78 bits per heavy atom. The highest BCUT2D eigenvalue weighted by Gasteiger charge is 2.30. The number of anilines is 2. The van der Waals surface area contributed by atoms with Crippen molar-refractivity contribution in [3.05, 3.63) is 53.2 Å². The van der Waals surface area contributed by atoms with Crippen molar-refractivity contribution in [3.8, 4) is 0 Å². The molecule has 0 spiro atoms. The fraction of sp³-hybridized carbons (Fsp3) is 0.278. The predicted molar refractivity (Wildman–Crippen MR) is 106 cm³/mol. The van der Waals surface area contributed by atoms with E-state index in [1.165, 1.54) is 12.1 Å². The van der Waals surface area contributed by atoms with Crippen molar-refractivity contribution in [1.29, 1.82) is 0 Å². The predicted octanol–water partition coefficient (Wildman–Crippen LogP) is 3.14. The van der Waals surface area contributed by atoms with Crippen LogP contribution in [0.1, 0.15) is 30.0 Å². The van der Waals surface area contributed by atoms with E-state index in [0.717, 1.165) is 42.3 Å². The van der Waals surface area contributed by atoms with E-state index in [9.17, 15) is 8.78 Å². The molecule has 6 nitrogen and oxygen atoms in total. The van der Waals surface area contributed by atoms with Gasteiger partial charge in [-0.3, -0.25) is 0 Å². The summed E-state index contributed by atoms with van der Waals surface area (Å²) in [5.41, 5.74) is 13.3. The summed E-state index contributed by atoms with van der Waals surface area (Å²) in [5, 5.41) is 4.19. The van der Waals surface area contributed by atoms with E-state index in [0.29, 0.717) is 17.0 Å². The standard InChI is InChI=1S/C17H17F2N5.CH3NS/c1-10-16(20)22-24-8-6-15(21-17(10)24)23-7-2-3-14(23)12-9-11(18)4-5-13(12)19;2-1-3/h4-6,8-9,14H,2-3,7H2,1H3,(H2,20,22);1H,(H2,2,3). The third-order valence-electron chi connectivity index (χ3n) is 4.60. The summed E-state index contributed by atoms with van der Waals surface area (Å²) < 4.78 is 29.4. The zero-order chi connectivity index (χ0) is 19.6. The zero-order valence-electron chi connectivity index (χ0n) is 14.8. The summed E-state index contributed by atoms with van der Waals surface area (Å²) in [7, 11) is 0. The summed E-state index contributed by atoms with van der Waals surface area (Å²) in [6.07, 6.45) is 3.44. The van der Waals surface area contributed by atoms with Gasteiger partial charge in [-0.15, -0.1) is 5.10 Å². The molecule has 1 aromatic carbocycles. The van der Waals surface area contributed by atoms with Crippen molar-refractivity contribution >= 4 is 35.0 Å². The van der Waals surface area contributed by atoms with Gasteiger partial charge in [-0.2, -0.15) is 0 Å². The van der Waals surface area contributed by atoms with E-state index in [-0.39, 0.29) is 11.9 Å². The van der Waals surface area contributed by atoms with Crippen molar-refractivity contribution in [1.82, 2.24) is 14.6 Å². The summed E-state index contributed by atoms with van der Waals surface area (Å²) in [5.74, 6) is 0.339. The lowest BCUT2D eigenvalue weighted by atomic mass is 10.0. The highest BCUT2D eigenvalue weighted by Crippen LogP contribution is 2.37. The number of benzene rings is 1. The van der Waals surface area contributed by atoms with Crippen LogP contribution in [0.2, 0.25) is 0 Å². The van der Waals surface area contributed by atoms with Crippen LogP contribution in [0.5, 0.6) is 0 Å². The van der Waals surface area contributed by atoms with Gasteiger partial charge in [0.05, 0.1) is 11.5 Å². The minimum atomic E-state index is -0.430. The Kier molecular flexibility index (Phi) is 5.50. The first-order chi connectivity index (χ1) is 13.0. The Labute approximate surface area is 160 Å². The quantitative estimate of drug-likeness (QED) is 0.654. The first-order valence-electron chi connectivity index (χ1n) is 8.44. The second-order valence-electron chi connectivity index (χ2n) is 6.22. The number of hydrogen-bond donors (Lipinski definition) is 2. The number of thiocarbonyl (C=S) groups is 1. The van der Waals surface area contributed by atoms with Gasteiger partial charge < -0.3 is 16.4 Å².